The molecular weight excluding hydrogens is 375 g/mol. The minimum Gasteiger partial charge on any atom is -0.330 e. The Morgan fingerprint density at radius 2 is 2.04 bits per heavy atom. The minimum atomic E-state index is -0.769. The van der Waals surface area contributed by atoms with Crippen LogP contribution >= 0.6 is 23.2 Å². The second-order valence-electron chi connectivity index (χ2n) is 6.23. The van der Waals surface area contributed by atoms with Crippen LogP contribution in [0.2, 0.25) is 10.0 Å². The Hall–Kier alpha value is -2.44. The highest BCUT2D eigenvalue weighted by molar-refractivity contribution is 6.43. The van der Waals surface area contributed by atoms with Crippen molar-refractivity contribution in [3.63, 3.8) is 0 Å². The van der Waals surface area contributed by atoms with Crippen LogP contribution in [0.15, 0.2) is 36.9 Å². The van der Waals surface area contributed by atoms with Crippen molar-refractivity contribution in [2.24, 2.45) is 5.92 Å². The van der Waals surface area contributed by atoms with Crippen LogP contribution in [0.4, 0.5) is 11.4 Å². The Kier molecular flexibility index (Phi) is 4.38. The molecule has 3 heterocycles. The maximum Gasteiger partial charge on any atom is 0.295 e. The number of anilines is 2. The first-order valence-electron chi connectivity index (χ1n) is 8.12. The van der Waals surface area contributed by atoms with Gasteiger partial charge in [0.05, 0.1) is 21.4 Å². The number of pyridine rings is 2. The Balaban J connectivity index is 1.94. The first-order chi connectivity index (χ1) is 12.6. The molecule has 4 rings (SSSR count). The van der Waals surface area contributed by atoms with E-state index in [0.717, 1.165) is 17.6 Å². The van der Waals surface area contributed by atoms with Crippen LogP contribution in [0.1, 0.15) is 12.8 Å². The Labute approximate surface area is 159 Å². The summed E-state index contributed by atoms with van der Waals surface area (Å²) in [5.41, 5.74) is 1.50. The molecule has 1 aliphatic carbocycles. The fourth-order valence-electron chi connectivity index (χ4n) is 3.02. The number of carbonyl (C=O) groups is 2. The third-order valence-electron chi connectivity index (χ3n) is 4.38. The molecule has 0 unspecified atom stereocenters. The Morgan fingerprint density at radius 3 is 2.69 bits per heavy atom. The van der Waals surface area contributed by atoms with E-state index >= 15 is 0 Å². The van der Waals surface area contributed by atoms with E-state index < -0.39 is 5.91 Å². The smallest absolute Gasteiger partial charge is 0.295 e. The summed E-state index contributed by atoms with van der Waals surface area (Å²) in [4.78, 5) is 33.4. The van der Waals surface area contributed by atoms with Crippen molar-refractivity contribution in [2.75, 3.05) is 4.90 Å². The fourth-order valence-corrected chi connectivity index (χ4v) is 3.55. The summed E-state index contributed by atoms with van der Waals surface area (Å²) in [7, 11) is 0. The maximum atomic E-state index is 12.5. The van der Waals surface area contributed by atoms with Gasteiger partial charge in [-0.1, -0.05) is 23.2 Å². The first-order valence-corrected chi connectivity index (χ1v) is 8.88. The van der Waals surface area contributed by atoms with Gasteiger partial charge in [-0.05, 0) is 30.9 Å². The number of nitrogens with zero attached hydrogens (tertiary/aromatic N) is 4. The van der Waals surface area contributed by atoms with Gasteiger partial charge in [0.25, 0.3) is 5.91 Å². The van der Waals surface area contributed by atoms with E-state index in [1.807, 2.05) is 16.8 Å². The van der Waals surface area contributed by atoms with E-state index in [2.05, 4.69) is 9.97 Å². The third-order valence-corrected chi connectivity index (χ3v) is 4.93. The molecule has 1 amide bonds. The molecule has 3 aromatic heterocycles. The average molecular weight is 389 g/mol. The molecule has 0 spiro atoms. The zero-order valence-electron chi connectivity index (χ0n) is 13.6. The zero-order valence-corrected chi connectivity index (χ0v) is 15.1. The maximum absolute atomic E-state index is 12.5. The van der Waals surface area contributed by atoms with Crippen molar-refractivity contribution in [2.45, 2.75) is 19.4 Å². The van der Waals surface area contributed by atoms with Gasteiger partial charge in [0.1, 0.15) is 5.65 Å². The molecule has 0 atom stereocenters. The molecule has 3 aromatic rings. The van der Waals surface area contributed by atoms with Crippen molar-refractivity contribution < 1.29 is 9.59 Å². The van der Waals surface area contributed by atoms with Gasteiger partial charge in [0.15, 0.2) is 0 Å². The Morgan fingerprint density at radius 1 is 1.31 bits per heavy atom. The molecule has 0 aromatic carbocycles. The molecule has 1 aliphatic rings. The minimum absolute atomic E-state index is 0.180. The van der Waals surface area contributed by atoms with Crippen LogP contribution in [0.3, 0.4) is 0 Å². The van der Waals surface area contributed by atoms with Crippen molar-refractivity contribution >= 4 is 57.8 Å². The van der Waals surface area contributed by atoms with Crippen LogP contribution in [0, 0.1) is 5.92 Å². The van der Waals surface area contributed by atoms with Crippen LogP contribution < -0.4 is 4.90 Å². The molecule has 1 fully saturated rings. The number of carbonyl (C=O) groups excluding carboxylic acids is 2. The van der Waals surface area contributed by atoms with Gasteiger partial charge in [-0.15, -0.1) is 0 Å². The number of rotatable bonds is 5. The number of amides is 1. The number of hydrogen-bond donors (Lipinski definition) is 0. The molecule has 0 aliphatic heterocycles. The van der Waals surface area contributed by atoms with Gasteiger partial charge < -0.3 is 4.57 Å². The average Bonchev–Trinajstić information content (AvgIpc) is 3.39. The van der Waals surface area contributed by atoms with Crippen LogP contribution in [-0.2, 0) is 16.1 Å². The number of aromatic nitrogens is 3. The van der Waals surface area contributed by atoms with Crippen molar-refractivity contribution in [3.05, 3.63) is 47.0 Å². The zero-order chi connectivity index (χ0) is 18.3. The normalized spacial score (nSPS) is 13.8. The summed E-state index contributed by atoms with van der Waals surface area (Å²) in [6.07, 6.45) is 8.90. The van der Waals surface area contributed by atoms with Gasteiger partial charge in [-0.3, -0.25) is 19.5 Å². The van der Waals surface area contributed by atoms with E-state index in [4.69, 9.17) is 23.2 Å². The third kappa shape index (κ3) is 2.95. The van der Waals surface area contributed by atoms with E-state index in [1.54, 1.807) is 12.3 Å². The molecule has 0 radical (unpaired) electrons. The highest BCUT2D eigenvalue weighted by Crippen LogP contribution is 2.41. The largest absolute Gasteiger partial charge is 0.330 e. The quantitative estimate of drug-likeness (QED) is 0.489. The number of halogens is 2. The molecule has 1 saturated carbocycles. The highest BCUT2D eigenvalue weighted by Gasteiger charge is 2.28. The molecule has 132 valence electrons. The molecular formula is C18H14Cl2N4O2. The predicted octanol–water partition coefficient (Wildman–Crippen LogP) is 4.01. The monoisotopic (exact) mass is 388 g/mol. The predicted molar refractivity (Wildman–Crippen MR) is 99.9 cm³/mol. The number of hydrogen-bond acceptors (Lipinski definition) is 4. The lowest BCUT2D eigenvalue weighted by atomic mass is 10.2. The fraction of sp³-hybridized carbons (Fsp3) is 0.222. The lowest BCUT2D eigenvalue weighted by Crippen LogP contribution is -2.27. The van der Waals surface area contributed by atoms with Crippen LogP contribution in [-0.4, -0.2) is 26.7 Å². The second-order valence-corrected chi connectivity index (χ2v) is 7.04. The topological polar surface area (TPSA) is 68.1 Å². The Bertz CT molecular complexity index is 993. The van der Waals surface area contributed by atoms with Crippen LogP contribution in [0.5, 0.6) is 0 Å². The standard InChI is InChI=1S/C18H14Cl2N4O2/c19-13-6-21-7-14(20)17(13)24(16(26)10-25)15-9-23(8-11-3-4-11)18-12(15)2-1-5-22-18/h1-2,5-7,9-11H,3-4,8H2. The van der Waals surface area contributed by atoms with Crippen molar-refractivity contribution in [1.29, 1.82) is 0 Å². The molecule has 8 heteroatoms. The van der Waals surface area contributed by atoms with Gasteiger partial charge >= 0.3 is 0 Å². The molecule has 6 nitrogen and oxygen atoms in total. The summed E-state index contributed by atoms with van der Waals surface area (Å²) in [6.45, 7) is 0.814. The summed E-state index contributed by atoms with van der Waals surface area (Å²) in [5, 5.41) is 1.10. The molecule has 0 saturated heterocycles. The van der Waals surface area contributed by atoms with Gasteiger partial charge in [-0.25, -0.2) is 4.98 Å². The van der Waals surface area contributed by atoms with Gasteiger partial charge in [-0.2, -0.15) is 0 Å². The van der Waals surface area contributed by atoms with E-state index in [0.29, 0.717) is 11.6 Å². The highest BCUT2D eigenvalue weighted by atomic mass is 35.5. The van der Waals surface area contributed by atoms with E-state index in [1.165, 1.54) is 30.1 Å². The van der Waals surface area contributed by atoms with Gasteiger partial charge in [0, 0.05) is 36.7 Å². The second kappa shape index (κ2) is 6.70. The summed E-state index contributed by atoms with van der Waals surface area (Å²) in [6, 6.07) is 3.64. The summed E-state index contributed by atoms with van der Waals surface area (Å²) in [5.74, 6) is -0.155. The van der Waals surface area contributed by atoms with Gasteiger partial charge in [0.2, 0.25) is 6.29 Å². The summed E-state index contributed by atoms with van der Waals surface area (Å²) >= 11 is 12.5. The number of aldehydes is 1. The lowest BCUT2D eigenvalue weighted by Gasteiger charge is -2.21. The number of fused-ring (bicyclic) bond motifs is 1. The molecule has 26 heavy (non-hydrogen) atoms. The summed E-state index contributed by atoms with van der Waals surface area (Å²) < 4.78 is 2.01. The van der Waals surface area contributed by atoms with Crippen molar-refractivity contribution in [1.82, 2.24) is 14.5 Å². The van der Waals surface area contributed by atoms with E-state index in [-0.39, 0.29) is 22.0 Å². The van der Waals surface area contributed by atoms with Crippen molar-refractivity contribution in [3.8, 4) is 0 Å². The molecule has 0 bridgehead atoms. The molecule has 0 N–H and O–H groups in total. The van der Waals surface area contributed by atoms with Crippen LogP contribution in [0.25, 0.3) is 11.0 Å². The SMILES string of the molecule is O=CC(=O)N(c1c(Cl)cncc1Cl)c1cn(CC2CC2)c2ncccc12. The lowest BCUT2D eigenvalue weighted by molar-refractivity contribution is -0.129. The first kappa shape index (κ1) is 17.0. The van der Waals surface area contributed by atoms with E-state index in [9.17, 15) is 9.59 Å².